The summed E-state index contributed by atoms with van der Waals surface area (Å²) in [4.78, 5) is 20.9. The van der Waals surface area contributed by atoms with Crippen LogP contribution in [0.3, 0.4) is 0 Å². The summed E-state index contributed by atoms with van der Waals surface area (Å²) in [7, 11) is 1.13. The number of ether oxygens (including phenoxy) is 2. The largest absolute Gasteiger partial charge is 0.496 e. The number of benzene rings is 1. The average Bonchev–Trinajstić information content (AvgIpc) is 3.08. The quantitative estimate of drug-likeness (QED) is 0.532. The van der Waals surface area contributed by atoms with Gasteiger partial charge in [0.05, 0.1) is 18.3 Å². The Hall–Kier alpha value is -3.04. The number of methoxy groups -OCH3 is 1. The summed E-state index contributed by atoms with van der Waals surface area (Å²) in [5.41, 5.74) is 2.57. The van der Waals surface area contributed by atoms with Crippen molar-refractivity contribution in [1.29, 1.82) is 0 Å². The molecule has 2 aliphatic heterocycles. The van der Waals surface area contributed by atoms with Crippen molar-refractivity contribution in [2.75, 3.05) is 38.2 Å². The van der Waals surface area contributed by atoms with Gasteiger partial charge in [0.25, 0.3) is 0 Å². The zero-order valence-corrected chi connectivity index (χ0v) is 23.9. The average molecular weight is 521 g/mol. The molecule has 2 saturated heterocycles. The molecule has 0 unspecified atom stereocenters. The van der Waals surface area contributed by atoms with Crippen LogP contribution >= 0.6 is 0 Å². The van der Waals surface area contributed by atoms with E-state index in [0.29, 0.717) is 19.0 Å². The smallest absolute Gasteiger partial charge is 0.481 e. The number of piperazine rings is 1. The molecule has 0 spiro atoms. The Morgan fingerprint density at radius 3 is 2.16 bits per heavy atom. The second-order valence-electron chi connectivity index (χ2n) is 11.8. The number of carbonyl (C=O) groups is 1. The lowest BCUT2D eigenvalue weighted by atomic mass is 9.79. The van der Waals surface area contributed by atoms with Gasteiger partial charge in [-0.1, -0.05) is 18.2 Å². The standard InChI is InChI=1S/C29H40BN3O5/c1-27(2,3)36-26(34)33-17-15-32(16-18-33)24-13-10-21(11-14-24)9-12-22-19-23(20-31-25(22)35-8)30-37-28(4,5)29(6,7)38-30/h9-14,19-20H,15-18H2,1-8H3/b12-9+. The van der Waals surface area contributed by atoms with Crippen molar-refractivity contribution in [3.8, 4) is 5.88 Å². The van der Waals surface area contributed by atoms with Gasteiger partial charge in [0, 0.05) is 49.1 Å². The third-order valence-corrected chi connectivity index (χ3v) is 7.26. The Balaban J connectivity index is 1.40. The summed E-state index contributed by atoms with van der Waals surface area (Å²) in [6, 6.07) is 10.4. The van der Waals surface area contributed by atoms with Gasteiger partial charge < -0.3 is 28.6 Å². The van der Waals surface area contributed by atoms with Gasteiger partial charge in [-0.2, -0.15) is 0 Å². The predicted octanol–water partition coefficient (Wildman–Crippen LogP) is 4.62. The Bertz CT molecular complexity index is 1150. The lowest BCUT2D eigenvalue weighted by molar-refractivity contribution is 0.00578. The zero-order chi connectivity index (χ0) is 27.7. The number of anilines is 1. The number of rotatable bonds is 5. The SMILES string of the molecule is COc1ncc(B2OC(C)(C)C(C)(C)O2)cc1/C=C/c1ccc(N2CCN(C(=O)OC(C)(C)C)CC2)cc1. The van der Waals surface area contributed by atoms with Crippen LogP contribution in [0.5, 0.6) is 5.88 Å². The first-order valence-corrected chi connectivity index (χ1v) is 13.2. The summed E-state index contributed by atoms with van der Waals surface area (Å²) in [5, 5.41) is 0. The van der Waals surface area contributed by atoms with Crippen LogP contribution in [-0.2, 0) is 14.0 Å². The fourth-order valence-corrected chi connectivity index (χ4v) is 4.34. The third kappa shape index (κ3) is 6.33. The first-order chi connectivity index (χ1) is 17.8. The van der Waals surface area contributed by atoms with Gasteiger partial charge in [-0.25, -0.2) is 9.78 Å². The lowest BCUT2D eigenvalue weighted by Crippen LogP contribution is -2.50. The second kappa shape index (κ2) is 10.6. The molecule has 38 heavy (non-hydrogen) atoms. The molecule has 2 aromatic rings. The van der Waals surface area contributed by atoms with E-state index in [1.807, 2.05) is 66.7 Å². The summed E-state index contributed by atoms with van der Waals surface area (Å²) in [5.74, 6) is 0.543. The van der Waals surface area contributed by atoms with Gasteiger partial charge in [-0.15, -0.1) is 0 Å². The van der Waals surface area contributed by atoms with Crippen molar-refractivity contribution >= 4 is 36.5 Å². The molecule has 2 fully saturated rings. The molecule has 204 valence electrons. The van der Waals surface area contributed by atoms with Gasteiger partial charge in [0.2, 0.25) is 5.88 Å². The monoisotopic (exact) mass is 521 g/mol. The van der Waals surface area contributed by atoms with E-state index in [2.05, 4.69) is 34.1 Å². The molecule has 0 bridgehead atoms. The molecule has 0 aliphatic carbocycles. The van der Waals surface area contributed by atoms with E-state index >= 15 is 0 Å². The van der Waals surface area contributed by atoms with Crippen molar-refractivity contribution in [3.05, 3.63) is 47.7 Å². The number of hydrogen-bond donors (Lipinski definition) is 0. The number of pyridine rings is 1. The number of amides is 1. The van der Waals surface area contributed by atoms with Gasteiger partial charge in [0.1, 0.15) is 5.60 Å². The van der Waals surface area contributed by atoms with Crippen molar-refractivity contribution in [3.63, 3.8) is 0 Å². The molecule has 1 aromatic carbocycles. The number of hydrogen-bond acceptors (Lipinski definition) is 7. The molecule has 1 amide bonds. The Kier molecular flexibility index (Phi) is 7.82. The maximum absolute atomic E-state index is 12.3. The van der Waals surface area contributed by atoms with Gasteiger partial charge in [0.15, 0.2) is 0 Å². The molecule has 9 heteroatoms. The molecule has 4 rings (SSSR count). The van der Waals surface area contributed by atoms with E-state index in [0.717, 1.165) is 35.4 Å². The van der Waals surface area contributed by atoms with Crippen LogP contribution in [0.1, 0.15) is 59.6 Å². The Morgan fingerprint density at radius 1 is 1.00 bits per heavy atom. The molecule has 1 aromatic heterocycles. The molecule has 0 saturated carbocycles. The first-order valence-electron chi connectivity index (χ1n) is 13.2. The highest BCUT2D eigenvalue weighted by molar-refractivity contribution is 6.62. The highest BCUT2D eigenvalue weighted by Gasteiger charge is 2.51. The van der Waals surface area contributed by atoms with Crippen LogP contribution in [0, 0.1) is 0 Å². The van der Waals surface area contributed by atoms with Gasteiger partial charge in [-0.05, 0) is 78.3 Å². The van der Waals surface area contributed by atoms with Gasteiger partial charge in [-0.3, -0.25) is 0 Å². The fraction of sp³-hybridized carbons (Fsp3) is 0.517. The highest BCUT2D eigenvalue weighted by Crippen LogP contribution is 2.36. The molecule has 8 nitrogen and oxygen atoms in total. The van der Waals surface area contributed by atoms with E-state index < -0.39 is 23.9 Å². The zero-order valence-electron chi connectivity index (χ0n) is 23.9. The van der Waals surface area contributed by atoms with E-state index in [1.165, 1.54) is 0 Å². The lowest BCUT2D eigenvalue weighted by Gasteiger charge is -2.36. The molecule has 3 heterocycles. The first kappa shape index (κ1) is 28.0. The highest BCUT2D eigenvalue weighted by atomic mass is 16.7. The summed E-state index contributed by atoms with van der Waals surface area (Å²) < 4.78 is 23.4. The fourth-order valence-electron chi connectivity index (χ4n) is 4.34. The van der Waals surface area contributed by atoms with Crippen LogP contribution in [0.4, 0.5) is 10.5 Å². The molecule has 0 N–H and O–H groups in total. The maximum Gasteiger partial charge on any atom is 0.496 e. The van der Waals surface area contributed by atoms with Crippen molar-refractivity contribution in [2.24, 2.45) is 0 Å². The number of nitrogens with zero attached hydrogens (tertiary/aromatic N) is 3. The second-order valence-corrected chi connectivity index (χ2v) is 11.8. The molecule has 2 aliphatic rings. The van der Waals surface area contributed by atoms with Crippen LogP contribution < -0.4 is 15.1 Å². The van der Waals surface area contributed by atoms with Crippen molar-refractivity contribution in [2.45, 2.75) is 65.3 Å². The predicted molar refractivity (Wildman–Crippen MR) is 152 cm³/mol. The van der Waals surface area contributed by atoms with Crippen LogP contribution in [0.15, 0.2) is 36.5 Å². The maximum atomic E-state index is 12.3. The minimum atomic E-state index is -0.486. The topological polar surface area (TPSA) is 73.4 Å². The van der Waals surface area contributed by atoms with Crippen LogP contribution in [-0.4, -0.2) is 73.2 Å². The molecule has 0 radical (unpaired) electrons. The summed E-state index contributed by atoms with van der Waals surface area (Å²) >= 11 is 0. The van der Waals surface area contributed by atoms with Crippen molar-refractivity contribution < 1.29 is 23.6 Å². The van der Waals surface area contributed by atoms with Gasteiger partial charge >= 0.3 is 13.2 Å². The molecular weight excluding hydrogens is 481 g/mol. The number of aromatic nitrogens is 1. The van der Waals surface area contributed by atoms with Crippen LogP contribution in [0.2, 0.25) is 0 Å². The summed E-state index contributed by atoms with van der Waals surface area (Å²) in [6.45, 7) is 16.6. The van der Waals surface area contributed by atoms with E-state index in [9.17, 15) is 4.79 Å². The normalized spacial score (nSPS) is 19.2. The Morgan fingerprint density at radius 2 is 1.61 bits per heavy atom. The van der Waals surface area contributed by atoms with E-state index in [-0.39, 0.29) is 6.09 Å². The molecular formula is C29H40BN3O5. The molecule has 0 atom stereocenters. The number of carbonyl (C=O) groups excluding carboxylic acids is 1. The van der Waals surface area contributed by atoms with E-state index in [4.69, 9.17) is 18.8 Å². The van der Waals surface area contributed by atoms with Crippen LogP contribution in [0.25, 0.3) is 12.2 Å². The third-order valence-electron chi connectivity index (χ3n) is 7.26. The van der Waals surface area contributed by atoms with Crippen molar-refractivity contribution in [1.82, 2.24) is 9.88 Å². The Labute approximate surface area is 227 Å². The van der Waals surface area contributed by atoms with E-state index in [1.54, 1.807) is 18.2 Å². The minimum Gasteiger partial charge on any atom is -0.481 e. The minimum absolute atomic E-state index is 0.245. The summed E-state index contributed by atoms with van der Waals surface area (Å²) in [6.07, 6.45) is 5.54.